The van der Waals surface area contributed by atoms with E-state index in [1.165, 1.54) is 16.8 Å². The Morgan fingerprint density at radius 2 is 1.33 bits per heavy atom. The minimum atomic E-state index is -1.79. The molecule has 4 aromatic rings. The van der Waals surface area contributed by atoms with E-state index in [9.17, 15) is 14.4 Å². The van der Waals surface area contributed by atoms with Gasteiger partial charge in [0, 0.05) is 110 Å². The molecule has 10 nitrogen and oxygen atoms in total. The zero-order chi connectivity index (χ0) is 45.9. The predicted octanol–water partition coefficient (Wildman–Crippen LogP) is 8.37. The molecule has 1 unspecified atom stereocenters. The van der Waals surface area contributed by atoms with Crippen LogP contribution in [0.5, 0.6) is 0 Å². The Labute approximate surface area is 384 Å². The van der Waals surface area contributed by atoms with Crippen molar-refractivity contribution in [2.45, 2.75) is 84.7 Å². The largest absolute Gasteiger partial charge is 0.415 e. The second kappa shape index (κ2) is 22.1. The number of piperazine rings is 2. The summed E-state index contributed by atoms with van der Waals surface area (Å²) in [5.74, 6) is -0.117. The molecule has 2 heterocycles. The van der Waals surface area contributed by atoms with Crippen LogP contribution < -0.4 is 9.80 Å². The molecular formula is C53H72N6O4Si. The summed E-state index contributed by atoms with van der Waals surface area (Å²) in [6.07, 6.45) is 4.84. The van der Waals surface area contributed by atoms with E-state index in [-0.39, 0.29) is 29.3 Å². The van der Waals surface area contributed by atoms with Crippen molar-refractivity contribution >= 4 is 43.5 Å². The molecule has 0 spiro atoms. The van der Waals surface area contributed by atoms with Crippen LogP contribution in [0.15, 0.2) is 109 Å². The van der Waals surface area contributed by atoms with Crippen LogP contribution in [0.3, 0.4) is 0 Å². The highest BCUT2D eigenvalue weighted by atomic mass is 28.4. The third kappa shape index (κ3) is 13.2. The Morgan fingerprint density at radius 1 is 0.734 bits per heavy atom. The van der Waals surface area contributed by atoms with E-state index in [2.05, 4.69) is 123 Å². The molecule has 3 amide bonds. The molecule has 0 N–H and O–H groups in total. The van der Waals surface area contributed by atoms with E-state index in [1.807, 2.05) is 58.3 Å². The highest BCUT2D eigenvalue weighted by Gasteiger charge is 2.37. The maximum atomic E-state index is 14.9. The summed E-state index contributed by atoms with van der Waals surface area (Å²) in [4.78, 5) is 53.9. The summed E-state index contributed by atoms with van der Waals surface area (Å²) < 4.78 is 6.43. The summed E-state index contributed by atoms with van der Waals surface area (Å²) in [7, 11) is 0.339. The topological polar surface area (TPSA) is 79.9 Å². The Hall–Kier alpha value is -5.23. The predicted molar refractivity (Wildman–Crippen MR) is 265 cm³/mol. The van der Waals surface area contributed by atoms with Crippen molar-refractivity contribution in [3.8, 4) is 0 Å². The lowest BCUT2D eigenvalue weighted by atomic mass is 10.0. The third-order valence-corrected chi connectivity index (χ3v) is 18.1. The first-order valence-electron chi connectivity index (χ1n) is 23.3. The van der Waals surface area contributed by atoms with Crippen molar-refractivity contribution in [3.63, 3.8) is 0 Å². The van der Waals surface area contributed by atoms with Gasteiger partial charge in [0.05, 0.1) is 6.61 Å². The number of hydrogen-bond acceptors (Lipinski definition) is 7. The maximum absolute atomic E-state index is 14.9. The van der Waals surface area contributed by atoms with Gasteiger partial charge in [-0.1, -0.05) is 107 Å². The summed E-state index contributed by atoms with van der Waals surface area (Å²) >= 11 is 0. The van der Waals surface area contributed by atoms with E-state index in [0.29, 0.717) is 32.6 Å². The third-order valence-electron chi connectivity index (χ3n) is 13.6. The summed E-state index contributed by atoms with van der Waals surface area (Å²) in [6.45, 7) is 23.4. The molecule has 1 atom stereocenters. The first-order chi connectivity index (χ1) is 30.6. The van der Waals surface area contributed by atoms with Crippen molar-refractivity contribution in [2.24, 2.45) is 0 Å². The van der Waals surface area contributed by atoms with E-state index < -0.39 is 14.4 Å². The summed E-state index contributed by atoms with van der Waals surface area (Å²) in [5.41, 5.74) is 7.64. The SMILES string of the molecule is CCc1ccc(C=CC(=O)N(Cc2ccc(N3CCN(C(C)=O)CC3)cc2)C(Cc2ccccc2)C(=O)N2CCN(Cc3ccc(N(C)CCO[Si](C)(C)C(C)(C)C)cc3)CC2)cc1. The monoisotopic (exact) mass is 885 g/mol. The van der Waals surface area contributed by atoms with Crippen molar-refractivity contribution in [2.75, 3.05) is 82.4 Å². The zero-order valence-corrected chi connectivity index (χ0v) is 40.8. The average molecular weight is 885 g/mol. The summed E-state index contributed by atoms with van der Waals surface area (Å²) in [5, 5.41) is 0.194. The lowest BCUT2D eigenvalue weighted by molar-refractivity contribution is -0.145. The smallest absolute Gasteiger partial charge is 0.247 e. The molecule has 64 heavy (non-hydrogen) atoms. The van der Waals surface area contributed by atoms with Gasteiger partial charge in [-0.05, 0) is 82.7 Å². The first kappa shape index (κ1) is 48.2. The fraction of sp³-hybridized carbons (Fsp3) is 0.453. The van der Waals surface area contributed by atoms with Crippen molar-refractivity contribution in [3.05, 3.63) is 137 Å². The standard InChI is InChI=1S/C53H72N6O4Si/c1-9-43-15-17-44(18-16-43)23-28-51(61)59(41-47-21-26-49(27-22-47)57-35-33-56(34-36-57)42(2)60)50(39-45-13-11-10-12-14-45)52(62)58-31-29-55(30-32-58)40-46-19-24-48(25-20-46)54(6)37-38-63-64(7,8)53(3,4)5/h10-28,50H,9,29-41H2,1-8H3. The van der Waals surface area contributed by atoms with E-state index in [1.54, 1.807) is 17.9 Å². The zero-order valence-electron chi connectivity index (χ0n) is 39.8. The van der Waals surface area contributed by atoms with Gasteiger partial charge in [0.2, 0.25) is 17.7 Å². The Kier molecular flexibility index (Phi) is 16.7. The number of carbonyl (C=O) groups excluding carboxylic acids is 3. The molecule has 0 radical (unpaired) electrons. The molecule has 0 aliphatic carbocycles. The van der Waals surface area contributed by atoms with E-state index in [4.69, 9.17) is 4.43 Å². The van der Waals surface area contributed by atoms with Crippen LogP contribution in [0.25, 0.3) is 6.08 Å². The number of nitrogens with zero attached hydrogens (tertiary/aromatic N) is 6. The molecule has 0 bridgehead atoms. The maximum Gasteiger partial charge on any atom is 0.247 e. The van der Waals surface area contributed by atoms with Gasteiger partial charge < -0.3 is 28.9 Å². The number of amides is 3. The molecular weight excluding hydrogens is 813 g/mol. The van der Waals surface area contributed by atoms with Gasteiger partial charge in [-0.15, -0.1) is 0 Å². The van der Waals surface area contributed by atoms with Crippen LogP contribution in [0, 0.1) is 0 Å². The van der Waals surface area contributed by atoms with Gasteiger partial charge >= 0.3 is 0 Å². The van der Waals surface area contributed by atoms with Crippen molar-refractivity contribution in [1.82, 2.24) is 19.6 Å². The van der Waals surface area contributed by atoms with Gasteiger partial charge in [0.1, 0.15) is 6.04 Å². The van der Waals surface area contributed by atoms with Crippen LogP contribution in [-0.2, 0) is 44.7 Å². The number of rotatable bonds is 17. The van der Waals surface area contributed by atoms with Gasteiger partial charge in [0.25, 0.3) is 0 Å². The van der Waals surface area contributed by atoms with E-state index in [0.717, 1.165) is 74.7 Å². The molecule has 2 saturated heterocycles. The van der Waals surface area contributed by atoms with Gasteiger partial charge in [-0.3, -0.25) is 19.3 Å². The molecule has 11 heteroatoms. The Morgan fingerprint density at radius 3 is 1.92 bits per heavy atom. The molecule has 0 aromatic heterocycles. The minimum absolute atomic E-state index is 0.0255. The van der Waals surface area contributed by atoms with Gasteiger partial charge in [-0.25, -0.2) is 0 Å². The Bertz CT molecular complexity index is 2140. The number of aryl methyl sites for hydroxylation is 1. The van der Waals surface area contributed by atoms with Crippen LogP contribution >= 0.6 is 0 Å². The molecule has 2 aliphatic heterocycles. The fourth-order valence-electron chi connectivity index (χ4n) is 8.16. The lowest BCUT2D eigenvalue weighted by Gasteiger charge is -2.39. The molecule has 0 saturated carbocycles. The highest BCUT2D eigenvalue weighted by Crippen LogP contribution is 2.36. The second-order valence-corrected chi connectivity index (χ2v) is 23.9. The van der Waals surface area contributed by atoms with Gasteiger partial charge in [-0.2, -0.15) is 0 Å². The normalized spacial score (nSPS) is 15.7. The lowest BCUT2D eigenvalue weighted by Crippen LogP contribution is -2.56. The van der Waals surface area contributed by atoms with Crippen LogP contribution in [0.1, 0.15) is 62.4 Å². The number of likely N-dealkylation sites (N-methyl/N-ethyl adjacent to an activating group) is 1. The average Bonchev–Trinajstić information content (AvgIpc) is 3.30. The second-order valence-electron chi connectivity index (χ2n) is 19.1. The number of carbonyl (C=O) groups is 3. The minimum Gasteiger partial charge on any atom is -0.415 e. The fourth-order valence-corrected chi connectivity index (χ4v) is 9.20. The number of hydrogen-bond donors (Lipinski definition) is 0. The molecule has 342 valence electrons. The summed E-state index contributed by atoms with van der Waals surface area (Å²) in [6, 6.07) is 34.7. The van der Waals surface area contributed by atoms with Crippen molar-refractivity contribution < 1.29 is 18.8 Å². The van der Waals surface area contributed by atoms with E-state index >= 15 is 0 Å². The molecule has 6 rings (SSSR count). The van der Waals surface area contributed by atoms with Crippen molar-refractivity contribution in [1.29, 1.82) is 0 Å². The Balaban J connectivity index is 1.15. The molecule has 4 aromatic carbocycles. The number of anilines is 2. The highest BCUT2D eigenvalue weighted by molar-refractivity contribution is 6.74. The van der Waals surface area contributed by atoms with Crippen LogP contribution in [-0.4, -0.2) is 124 Å². The molecule has 2 fully saturated rings. The quantitative estimate of drug-likeness (QED) is 0.0780. The van der Waals surface area contributed by atoms with Crippen LogP contribution in [0.2, 0.25) is 18.1 Å². The first-order valence-corrected chi connectivity index (χ1v) is 26.2. The number of benzene rings is 4. The molecule has 2 aliphatic rings. The van der Waals surface area contributed by atoms with Crippen LogP contribution in [0.4, 0.5) is 11.4 Å². The van der Waals surface area contributed by atoms with Gasteiger partial charge in [0.15, 0.2) is 8.32 Å².